The van der Waals surface area contributed by atoms with Gasteiger partial charge in [0.25, 0.3) is 5.69 Å². The van der Waals surface area contributed by atoms with E-state index in [1.54, 1.807) is 45.0 Å². The Kier molecular flexibility index (Phi) is 5.58. The fourth-order valence-corrected chi connectivity index (χ4v) is 2.23. The predicted molar refractivity (Wildman–Crippen MR) is 98.2 cm³/mol. The summed E-state index contributed by atoms with van der Waals surface area (Å²) in [6, 6.07) is 7.80. The van der Waals surface area contributed by atoms with Crippen LogP contribution in [0.25, 0.3) is 0 Å². The average molecular weight is 409 g/mol. The molecule has 25 heavy (non-hydrogen) atoms. The van der Waals surface area contributed by atoms with Crippen molar-refractivity contribution in [2.75, 3.05) is 10.6 Å². The van der Waals surface area contributed by atoms with E-state index in [4.69, 9.17) is 4.74 Å². The number of carbonyl (C=O) groups excluding carboxylic acids is 1. The summed E-state index contributed by atoms with van der Waals surface area (Å²) >= 11 is 3.28. The summed E-state index contributed by atoms with van der Waals surface area (Å²) < 4.78 is 5.84. The molecule has 0 aliphatic heterocycles. The highest BCUT2D eigenvalue weighted by Gasteiger charge is 2.17. The van der Waals surface area contributed by atoms with E-state index in [0.717, 1.165) is 0 Å². The van der Waals surface area contributed by atoms with Crippen LogP contribution in [0, 0.1) is 10.1 Å². The molecule has 0 aliphatic rings. The number of hydrogen-bond acceptors (Lipinski definition) is 6. The molecule has 0 radical (unpaired) electrons. The number of nitrogens with zero attached hydrogens (tertiary/aromatic N) is 2. The van der Waals surface area contributed by atoms with Crippen LogP contribution in [-0.4, -0.2) is 21.6 Å². The number of nitrogens with one attached hydrogen (secondary N) is 2. The van der Waals surface area contributed by atoms with Gasteiger partial charge in [-0.15, -0.1) is 0 Å². The standard InChI is InChI=1S/C16H17BrN4O4/c1-16(2,3)25-15(22)20-14-7-5-11(9-18-14)19-12-8-10(17)4-6-13(12)21(23)24/h4-9,19H,1-3H3,(H,18,20,22). The number of halogens is 1. The molecule has 0 fully saturated rings. The normalized spacial score (nSPS) is 10.9. The summed E-state index contributed by atoms with van der Waals surface area (Å²) in [6.07, 6.45) is 0.848. The number of nitro groups is 1. The van der Waals surface area contributed by atoms with Crippen molar-refractivity contribution in [1.29, 1.82) is 0 Å². The van der Waals surface area contributed by atoms with Crippen LogP contribution in [0.15, 0.2) is 41.0 Å². The average Bonchev–Trinajstić information content (AvgIpc) is 2.47. The number of ether oxygens (including phenoxy) is 1. The molecule has 1 heterocycles. The number of amides is 1. The number of rotatable bonds is 4. The third-order valence-electron chi connectivity index (χ3n) is 2.83. The predicted octanol–water partition coefficient (Wildman–Crippen LogP) is 4.84. The van der Waals surface area contributed by atoms with E-state index in [0.29, 0.717) is 21.7 Å². The number of hydrogen-bond donors (Lipinski definition) is 2. The van der Waals surface area contributed by atoms with Crippen LogP contribution >= 0.6 is 15.9 Å². The molecule has 1 aromatic heterocycles. The van der Waals surface area contributed by atoms with Crippen molar-refractivity contribution >= 4 is 44.9 Å². The molecule has 1 aromatic carbocycles. The molecule has 9 heteroatoms. The minimum absolute atomic E-state index is 0.0563. The van der Waals surface area contributed by atoms with Crippen LogP contribution in [0.3, 0.4) is 0 Å². The van der Waals surface area contributed by atoms with E-state index in [1.165, 1.54) is 12.3 Å². The first kappa shape index (κ1) is 18.7. The van der Waals surface area contributed by atoms with Crippen LogP contribution in [-0.2, 0) is 4.74 Å². The molecule has 0 saturated carbocycles. The molecule has 2 N–H and O–H groups in total. The van der Waals surface area contributed by atoms with Crippen LogP contribution in [0.5, 0.6) is 0 Å². The van der Waals surface area contributed by atoms with Crippen LogP contribution in [0.1, 0.15) is 20.8 Å². The third-order valence-corrected chi connectivity index (χ3v) is 3.32. The summed E-state index contributed by atoms with van der Waals surface area (Å²) in [6.45, 7) is 5.29. The molecule has 0 atom stereocenters. The maximum atomic E-state index is 11.7. The Bertz CT molecular complexity index is 788. The van der Waals surface area contributed by atoms with Gasteiger partial charge in [-0.3, -0.25) is 15.4 Å². The monoisotopic (exact) mass is 408 g/mol. The van der Waals surface area contributed by atoms with E-state index < -0.39 is 16.6 Å². The van der Waals surface area contributed by atoms with Gasteiger partial charge in [-0.1, -0.05) is 15.9 Å². The number of anilines is 3. The summed E-state index contributed by atoms with van der Waals surface area (Å²) in [5.74, 6) is 0.309. The van der Waals surface area contributed by atoms with Gasteiger partial charge in [0.2, 0.25) is 0 Å². The number of carbonyl (C=O) groups is 1. The lowest BCUT2D eigenvalue weighted by atomic mass is 10.2. The minimum atomic E-state index is -0.608. The molecule has 0 aliphatic carbocycles. The fraction of sp³-hybridized carbons (Fsp3) is 0.250. The van der Waals surface area contributed by atoms with Gasteiger partial charge < -0.3 is 10.1 Å². The first-order valence-electron chi connectivity index (χ1n) is 7.31. The van der Waals surface area contributed by atoms with E-state index in [9.17, 15) is 14.9 Å². The van der Waals surface area contributed by atoms with E-state index >= 15 is 0 Å². The maximum Gasteiger partial charge on any atom is 0.413 e. The number of aromatic nitrogens is 1. The Morgan fingerprint density at radius 3 is 2.56 bits per heavy atom. The lowest BCUT2D eigenvalue weighted by molar-refractivity contribution is -0.383. The highest BCUT2D eigenvalue weighted by molar-refractivity contribution is 9.10. The molecular weight excluding hydrogens is 392 g/mol. The molecule has 0 spiro atoms. The van der Waals surface area contributed by atoms with Crippen molar-refractivity contribution in [3.63, 3.8) is 0 Å². The topological polar surface area (TPSA) is 106 Å². The second-order valence-electron chi connectivity index (χ2n) is 6.10. The molecular formula is C16H17BrN4O4. The molecule has 2 rings (SSSR count). The summed E-state index contributed by atoms with van der Waals surface area (Å²) in [7, 11) is 0. The van der Waals surface area contributed by atoms with E-state index in [2.05, 4.69) is 31.5 Å². The first-order valence-corrected chi connectivity index (χ1v) is 8.10. The smallest absolute Gasteiger partial charge is 0.413 e. The second-order valence-corrected chi connectivity index (χ2v) is 7.02. The molecule has 8 nitrogen and oxygen atoms in total. The number of benzene rings is 1. The van der Waals surface area contributed by atoms with Gasteiger partial charge >= 0.3 is 6.09 Å². The van der Waals surface area contributed by atoms with Gasteiger partial charge in [0.15, 0.2) is 0 Å². The largest absolute Gasteiger partial charge is 0.444 e. The van der Waals surface area contributed by atoms with E-state index in [1.807, 2.05) is 0 Å². The van der Waals surface area contributed by atoms with Crippen molar-refractivity contribution in [3.05, 3.63) is 51.1 Å². The Morgan fingerprint density at radius 1 is 1.28 bits per heavy atom. The lowest BCUT2D eigenvalue weighted by Gasteiger charge is -2.19. The van der Waals surface area contributed by atoms with Crippen LogP contribution < -0.4 is 10.6 Å². The van der Waals surface area contributed by atoms with E-state index in [-0.39, 0.29) is 5.69 Å². The molecule has 0 unspecified atom stereocenters. The van der Waals surface area contributed by atoms with Gasteiger partial charge in [0.05, 0.1) is 16.8 Å². The Morgan fingerprint density at radius 2 is 2.00 bits per heavy atom. The molecule has 1 amide bonds. The van der Waals surface area contributed by atoms with Gasteiger partial charge in [-0.05, 0) is 45.0 Å². The van der Waals surface area contributed by atoms with Gasteiger partial charge in [-0.25, -0.2) is 9.78 Å². The van der Waals surface area contributed by atoms with Crippen molar-refractivity contribution in [2.24, 2.45) is 0 Å². The highest BCUT2D eigenvalue weighted by Crippen LogP contribution is 2.30. The van der Waals surface area contributed by atoms with Gasteiger partial charge in [-0.2, -0.15) is 0 Å². The lowest BCUT2D eigenvalue weighted by Crippen LogP contribution is -2.27. The molecule has 2 aromatic rings. The Balaban J connectivity index is 2.10. The summed E-state index contributed by atoms with van der Waals surface area (Å²) in [5, 5.41) is 16.5. The zero-order chi connectivity index (χ0) is 18.6. The van der Waals surface area contributed by atoms with Crippen molar-refractivity contribution in [3.8, 4) is 0 Å². The van der Waals surface area contributed by atoms with Crippen molar-refractivity contribution in [2.45, 2.75) is 26.4 Å². The number of pyridine rings is 1. The van der Waals surface area contributed by atoms with Crippen molar-refractivity contribution < 1.29 is 14.5 Å². The Labute approximate surface area is 152 Å². The van der Waals surface area contributed by atoms with Gasteiger partial charge in [0, 0.05) is 10.5 Å². The van der Waals surface area contributed by atoms with Crippen molar-refractivity contribution in [1.82, 2.24) is 4.98 Å². The zero-order valence-electron chi connectivity index (χ0n) is 13.9. The summed E-state index contributed by atoms with van der Waals surface area (Å²) in [4.78, 5) is 26.4. The second kappa shape index (κ2) is 7.47. The van der Waals surface area contributed by atoms with Crippen LogP contribution in [0.2, 0.25) is 0 Å². The highest BCUT2D eigenvalue weighted by atomic mass is 79.9. The molecule has 0 saturated heterocycles. The molecule has 132 valence electrons. The summed E-state index contributed by atoms with van der Waals surface area (Å²) in [5.41, 5.74) is 0.203. The first-order chi connectivity index (χ1) is 11.6. The SMILES string of the molecule is CC(C)(C)OC(=O)Nc1ccc(Nc2cc(Br)ccc2[N+](=O)[O-])cn1. The van der Waals surface area contributed by atoms with Gasteiger partial charge in [0.1, 0.15) is 17.1 Å². The minimum Gasteiger partial charge on any atom is -0.444 e. The zero-order valence-corrected chi connectivity index (χ0v) is 15.5. The fourth-order valence-electron chi connectivity index (χ4n) is 1.87. The number of nitro benzene ring substituents is 1. The quantitative estimate of drug-likeness (QED) is 0.553. The molecule has 0 bridgehead atoms. The maximum absolute atomic E-state index is 11.7. The Hall–Kier alpha value is -2.68. The third kappa shape index (κ3) is 5.71. The van der Waals surface area contributed by atoms with Crippen LogP contribution in [0.4, 0.5) is 27.7 Å².